The van der Waals surface area contributed by atoms with Crippen molar-refractivity contribution in [2.45, 2.75) is 58.9 Å². The molecule has 0 radical (unpaired) electrons. The van der Waals surface area contributed by atoms with E-state index >= 15 is 0 Å². The second-order valence-corrected chi connectivity index (χ2v) is 8.23. The van der Waals surface area contributed by atoms with Gasteiger partial charge >= 0.3 is 0 Å². The number of fused-ring (bicyclic) bond motifs is 1. The van der Waals surface area contributed by atoms with Crippen LogP contribution in [-0.2, 0) is 29.0 Å². The van der Waals surface area contributed by atoms with Crippen molar-refractivity contribution in [3.8, 4) is 0 Å². The lowest BCUT2D eigenvalue weighted by Crippen LogP contribution is -2.23. The summed E-state index contributed by atoms with van der Waals surface area (Å²) in [6.45, 7) is 4.08. The van der Waals surface area contributed by atoms with E-state index in [1.54, 1.807) is 0 Å². The van der Waals surface area contributed by atoms with Gasteiger partial charge in [-0.15, -0.1) is 0 Å². The van der Waals surface area contributed by atoms with Gasteiger partial charge in [0.15, 0.2) is 5.78 Å². The summed E-state index contributed by atoms with van der Waals surface area (Å²) in [6, 6.07) is 13.3. The molecule has 1 aliphatic rings. The van der Waals surface area contributed by atoms with Crippen LogP contribution in [0.1, 0.15) is 66.6 Å². The number of benzene rings is 2. The molecular weight excluding hydrogens is 376 g/mol. The molecule has 3 rings (SSSR count). The fraction of sp³-hybridized carbons (Fsp3) is 0.400. The molecule has 0 bridgehead atoms. The van der Waals surface area contributed by atoms with E-state index in [1.165, 1.54) is 24.0 Å². The highest BCUT2D eigenvalue weighted by molar-refractivity contribution is 5.98. The number of amides is 2. The lowest BCUT2D eigenvalue weighted by atomic mass is 9.89. The minimum absolute atomic E-state index is 0.0174. The number of hydrogen-bond acceptors (Lipinski definition) is 3. The Morgan fingerprint density at radius 2 is 1.60 bits per heavy atom. The van der Waals surface area contributed by atoms with E-state index in [4.69, 9.17) is 0 Å². The zero-order valence-electron chi connectivity index (χ0n) is 17.8. The van der Waals surface area contributed by atoms with Gasteiger partial charge in [-0.05, 0) is 60.6 Å². The molecule has 0 aliphatic heterocycles. The first-order valence-electron chi connectivity index (χ1n) is 10.7. The van der Waals surface area contributed by atoms with Crippen LogP contribution < -0.4 is 10.6 Å². The number of nitrogens with one attached hydrogen (secondary N) is 2. The Kier molecular flexibility index (Phi) is 7.39. The molecule has 2 amide bonds. The molecule has 5 heteroatoms. The average Bonchev–Trinajstić information content (AvgIpc) is 2.76. The third-order valence-corrected chi connectivity index (χ3v) is 5.49. The van der Waals surface area contributed by atoms with E-state index in [-0.39, 0.29) is 36.4 Å². The van der Waals surface area contributed by atoms with Gasteiger partial charge in [-0.1, -0.05) is 38.1 Å². The van der Waals surface area contributed by atoms with Crippen LogP contribution in [0.2, 0.25) is 0 Å². The van der Waals surface area contributed by atoms with Crippen molar-refractivity contribution in [1.29, 1.82) is 0 Å². The number of aryl methyl sites for hydroxylation is 2. The lowest BCUT2D eigenvalue weighted by molar-refractivity contribution is -0.121. The quantitative estimate of drug-likeness (QED) is 0.637. The summed E-state index contributed by atoms with van der Waals surface area (Å²) in [5.41, 5.74) is 5.02. The topological polar surface area (TPSA) is 75.3 Å². The summed E-state index contributed by atoms with van der Waals surface area (Å²) in [6.07, 6.45) is 4.92. The van der Waals surface area contributed by atoms with Crippen LogP contribution in [0.4, 0.5) is 5.69 Å². The van der Waals surface area contributed by atoms with Crippen LogP contribution in [0.5, 0.6) is 0 Å². The van der Waals surface area contributed by atoms with Crippen molar-refractivity contribution in [3.05, 3.63) is 64.7 Å². The normalized spacial score (nSPS) is 12.9. The van der Waals surface area contributed by atoms with Gasteiger partial charge in [0.05, 0.1) is 0 Å². The first-order chi connectivity index (χ1) is 14.4. The molecule has 5 nitrogen and oxygen atoms in total. The monoisotopic (exact) mass is 406 g/mol. The molecular formula is C25H30N2O3. The Bertz CT molecular complexity index is 916. The Hall–Kier alpha value is -2.95. The van der Waals surface area contributed by atoms with Gasteiger partial charge in [-0.25, -0.2) is 0 Å². The summed E-state index contributed by atoms with van der Waals surface area (Å²) in [4.78, 5) is 36.3. The van der Waals surface area contributed by atoms with E-state index in [2.05, 4.69) is 16.7 Å². The number of hydrogen-bond donors (Lipinski definition) is 2. The fourth-order valence-electron chi connectivity index (χ4n) is 3.56. The van der Waals surface area contributed by atoms with E-state index in [9.17, 15) is 14.4 Å². The first-order valence-corrected chi connectivity index (χ1v) is 10.7. The standard InChI is InChI=1S/C25H30N2O3/c1-17(2)25(30)27-22-11-7-18(8-12-22)16-26-24(29)14-13-23(28)21-10-9-19-5-3-4-6-20(19)15-21/h7-12,15,17H,3-6,13-14,16H2,1-2H3,(H,26,29)(H,27,30). The first kappa shape index (κ1) is 21.8. The molecule has 0 saturated carbocycles. The smallest absolute Gasteiger partial charge is 0.226 e. The van der Waals surface area contributed by atoms with Crippen molar-refractivity contribution in [1.82, 2.24) is 5.32 Å². The highest BCUT2D eigenvalue weighted by Crippen LogP contribution is 2.23. The van der Waals surface area contributed by atoms with Gasteiger partial charge in [0.2, 0.25) is 11.8 Å². The van der Waals surface area contributed by atoms with Gasteiger partial charge in [0, 0.05) is 36.6 Å². The summed E-state index contributed by atoms with van der Waals surface area (Å²) in [7, 11) is 0. The Labute approximate surface area is 178 Å². The number of carbonyl (C=O) groups is 3. The molecule has 158 valence electrons. The molecule has 2 aromatic carbocycles. The van der Waals surface area contributed by atoms with Gasteiger partial charge in [0.1, 0.15) is 0 Å². The zero-order chi connectivity index (χ0) is 21.5. The van der Waals surface area contributed by atoms with Crippen LogP contribution in [0.3, 0.4) is 0 Å². The predicted molar refractivity (Wildman–Crippen MR) is 118 cm³/mol. The van der Waals surface area contributed by atoms with Crippen LogP contribution in [0.15, 0.2) is 42.5 Å². The van der Waals surface area contributed by atoms with Crippen LogP contribution in [-0.4, -0.2) is 17.6 Å². The van der Waals surface area contributed by atoms with Crippen molar-refractivity contribution < 1.29 is 14.4 Å². The largest absolute Gasteiger partial charge is 0.352 e. The Morgan fingerprint density at radius 3 is 2.30 bits per heavy atom. The van der Waals surface area contributed by atoms with Crippen molar-refractivity contribution in [3.63, 3.8) is 0 Å². The fourth-order valence-corrected chi connectivity index (χ4v) is 3.56. The van der Waals surface area contributed by atoms with Crippen molar-refractivity contribution in [2.24, 2.45) is 5.92 Å². The number of rotatable bonds is 8. The molecule has 0 atom stereocenters. The average molecular weight is 407 g/mol. The molecule has 0 fully saturated rings. The van der Waals surface area contributed by atoms with Crippen LogP contribution in [0, 0.1) is 5.92 Å². The number of Topliss-reactive ketones (excluding diaryl/α,β-unsaturated/α-hetero) is 1. The molecule has 0 spiro atoms. The molecule has 0 heterocycles. The van der Waals surface area contributed by atoms with E-state index in [1.807, 2.05) is 50.2 Å². The third kappa shape index (κ3) is 6.02. The summed E-state index contributed by atoms with van der Waals surface area (Å²) >= 11 is 0. The van der Waals surface area contributed by atoms with Crippen LogP contribution >= 0.6 is 0 Å². The highest BCUT2D eigenvalue weighted by atomic mass is 16.2. The minimum atomic E-state index is -0.140. The number of anilines is 1. The maximum atomic E-state index is 12.5. The Balaban J connectivity index is 1.43. The van der Waals surface area contributed by atoms with E-state index in [0.29, 0.717) is 12.1 Å². The molecule has 0 saturated heterocycles. The summed E-state index contributed by atoms with van der Waals surface area (Å²) in [5.74, 6) is -0.227. The van der Waals surface area contributed by atoms with Gasteiger partial charge in [-0.2, -0.15) is 0 Å². The van der Waals surface area contributed by atoms with E-state index in [0.717, 1.165) is 24.1 Å². The maximum Gasteiger partial charge on any atom is 0.226 e. The summed E-state index contributed by atoms with van der Waals surface area (Å²) < 4.78 is 0. The SMILES string of the molecule is CC(C)C(=O)Nc1ccc(CNC(=O)CCC(=O)c2ccc3c(c2)CCCC3)cc1. The molecule has 1 aliphatic carbocycles. The van der Waals surface area contributed by atoms with Crippen molar-refractivity contribution in [2.75, 3.05) is 5.32 Å². The predicted octanol–water partition coefficient (Wildman–Crippen LogP) is 4.44. The molecule has 2 aromatic rings. The Morgan fingerprint density at radius 1 is 0.900 bits per heavy atom. The van der Waals surface area contributed by atoms with Gasteiger partial charge in [-0.3, -0.25) is 14.4 Å². The third-order valence-electron chi connectivity index (χ3n) is 5.49. The van der Waals surface area contributed by atoms with Crippen LogP contribution in [0.25, 0.3) is 0 Å². The number of carbonyl (C=O) groups excluding carboxylic acids is 3. The molecule has 0 aromatic heterocycles. The van der Waals surface area contributed by atoms with Gasteiger partial charge in [0.25, 0.3) is 0 Å². The van der Waals surface area contributed by atoms with Gasteiger partial charge < -0.3 is 10.6 Å². The van der Waals surface area contributed by atoms with Crippen molar-refractivity contribution >= 4 is 23.3 Å². The van der Waals surface area contributed by atoms with E-state index < -0.39 is 0 Å². The molecule has 30 heavy (non-hydrogen) atoms. The molecule has 0 unspecified atom stereocenters. The number of ketones is 1. The minimum Gasteiger partial charge on any atom is -0.352 e. The lowest BCUT2D eigenvalue weighted by Gasteiger charge is -2.16. The highest BCUT2D eigenvalue weighted by Gasteiger charge is 2.14. The molecule has 2 N–H and O–H groups in total. The maximum absolute atomic E-state index is 12.5. The zero-order valence-corrected chi connectivity index (χ0v) is 17.8. The summed E-state index contributed by atoms with van der Waals surface area (Å²) in [5, 5.41) is 5.69. The second-order valence-electron chi connectivity index (χ2n) is 8.23. The second kappa shape index (κ2) is 10.2.